The molecule has 1 aromatic rings. The van der Waals surface area contributed by atoms with Crippen molar-refractivity contribution in [2.45, 2.75) is 18.9 Å². The van der Waals surface area contributed by atoms with E-state index < -0.39 is 0 Å². The number of nitrogens with one attached hydrogen (secondary N) is 1. The summed E-state index contributed by atoms with van der Waals surface area (Å²) in [7, 11) is 0. The summed E-state index contributed by atoms with van der Waals surface area (Å²) in [6.07, 6.45) is 2.29. The second-order valence-electron chi connectivity index (χ2n) is 3.85. The van der Waals surface area contributed by atoms with Crippen molar-refractivity contribution in [2.24, 2.45) is 0 Å². The van der Waals surface area contributed by atoms with Gasteiger partial charge < -0.3 is 10.1 Å². The molecule has 1 saturated heterocycles. The Labute approximate surface area is 99.7 Å². The average molecular weight is 240 g/mol. The first-order valence-corrected chi connectivity index (χ1v) is 5.79. The standard InChI is InChI=1S/C12H14ClNO2/c13-10-5-3-9(4-6-10)12(15)14-8-11-2-1-7-16-11/h3-6,11H,1-2,7-8H2,(H,14,15)/t11-/m1/s1. The average Bonchev–Trinajstić information content (AvgIpc) is 2.80. The predicted molar refractivity (Wildman–Crippen MR) is 62.8 cm³/mol. The van der Waals surface area contributed by atoms with Crippen LogP contribution in [-0.4, -0.2) is 25.2 Å². The molecule has 2 rings (SSSR count). The van der Waals surface area contributed by atoms with E-state index in [0.717, 1.165) is 19.4 Å². The highest BCUT2D eigenvalue weighted by Crippen LogP contribution is 2.12. The van der Waals surface area contributed by atoms with Gasteiger partial charge in [-0.2, -0.15) is 0 Å². The van der Waals surface area contributed by atoms with Crippen molar-refractivity contribution in [1.82, 2.24) is 5.32 Å². The quantitative estimate of drug-likeness (QED) is 0.879. The first kappa shape index (κ1) is 11.4. The Bertz CT molecular complexity index is 358. The summed E-state index contributed by atoms with van der Waals surface area (Å²) < 4.78 is 5.42. The van der Waals surface area contributed by atoms with Crippen LogP contribution in [0.5, 0.6) is 0 Å². The highest BCUT2D eigenvalue weighted by Gasteiger charge is 2.16. The van der Waals surface area contributed by atoms with Crippen LogP contribution in [0.2, 0.25) is 5.02 Å². The van der Waals surface area contributed by atoms with Gasteiger partial charge in [-0.25, -0.2) is 0 Å². The number of carbonyl (C=O) groups is 1. The van der Waals surface area contributed by atoms with E-state index in [0.29, 0.717) is 17.1 Å². The van der Waals surface area contributed by atoms with Crippen molar-refractivity contribution >= 4 is 17.5 Å². The molecule has 0 radical (unpaired) electrons. The summed E-state index contributed by atoms with van der Waals surface area (Å²) >= 11 is 5.75. The van der Waals surface area contributed by atoms with Crippen LogP contribution in [0, 0.1) is 0 Å². The SMILES string of the molecule is O=C(NC[C@H]1CCCO1)c1ccc(Cl)cc1. The highest BCUT2D eigenvalue weighted by atomic mass is 35.5. The van der Waals surface area contributed by atoms with Crippen molar-refractivity contribution < 1.29 is 9.53 Å². The third kappa shape index (κ3) is 2.97. The van der Waals surface area contributed by atoms with Gasteiger partial charge in [-0.05, 0) is 37.1 Å². The third-order valence-electron chi connectivity index (χ3n) is 2.62. The number of rotatable bonds is 3. The lowest BCUT2D eigenvalue weighted by Crippen LogP contribution is -2.31. The maximum atomic E-state index is 11.7. The van der Waals surface area contributed by atoms with Crippen LogP contribution in [0.15, 0.2) is 24.3 Å². The zero-order chi connectivity index (χ0) is 11.4. The van der Waals surface area contributed by atoms with E-state index in [1.165, 1.54) is 0 Å². The second kappa shape index (κ2) is 5.32. The van der Waals surface area contributed by atoms with Gasteiger partial charge in [-0.15, -0.1) is 0 Å². The second-order valence-corrected chi connectivity index (χ2v) is 4.29. The van der Waals surface area contributed by atoms with Crippen LogP contribution in [-0.2, 0) is 4.74 Å². The number of carbonyl (C=O) groups excluding carboxylic acids is 1. The molecule has 0 spiro atoms. The van der Waals surface area contributed by atoms with Gasteiger partial charge in [0.1, 0.15) is 0 Å². The Morgan fingerprint density at radius 3 is 2.81 bits per heavy atom. The molecule has 1 atom stereocenters. The molecule has 4 heteroatoms. The molecule has 1 aliphatic heterocycles. The summed E-state index contributed by atoms with van der Waals surface area (Å²) in [6, 6.07) is 6.85. The zero-order valence-corrected chi connectivity index (χ0v) is 9.67. The van der Waals surface area contributed by atoms with E-state index in [4.69, 9.17) is 16.3 Å². The van der Waals surface area contributed by atoms with Gasteiger partial charge in [0, 0.05) is 23.7 Å². The Morgan fingerprint density at radius 1 is 1.44 bits per heavy atom. The summed E-state index contributed by atoms with van der Waals surface area (Å²) in [6.45, 7) is 1.39. The minimum absolute atomic E-state index is 0.0767. The van der Waals surface area contributed by atoms with Crippen LogP contribution in [0.3, 0.4) is 0 Å². The van der Waals surface area contributed by atoms with Crippen LogP contribution in [0.25, 0.3) is 0 Å². The molecule has 1 heterocycles. The van der Waals surface area contributed by atoms with Crippen molar-refractivity contribution in [1.29, 1.82) is 0 Å². The fourth-order valence-corrected chi connectivity index (χ4v) is 1.84. The van der Waals surface area contributed by atoms with Crippen LogP contribution < -0.4 is 5.32 Å². The van der Waals surface area contributed by atoms with E-state index in [-0.39, 0.29) is 12.0 Å². The number of halogens is 1. The smallest absolute Gasteiger partial charge is 0.251 e. The molecular weight excluding hydrogens is 226 g/mol. The van der Waals surface area contributed by atoms with Gasteiger partial charge >= 0.3 is 0 Å². The summed E-state index contributed by atoms with van der Waals surface area (Å²) in [5, 5.41) is 3.49. The number of benzene rings is 1. The Kier molecular flexibility index (Phi) is 3.80. The van der Waals surface area contributed by atoms with Gasteiger partial charge in [0.25, 0.3) is 5.91 Å². The van der Waals surface area contributed by atoms with Crippen molar-refractivity contribution in [3.63, 3.8) is 0 Å². The molecular formula is C12H14ClNO2. The number of ether oxygens (including phenoxy) is 1. The maximum Gasteiger partial charge on any atom is 0.251 e. The largest absolute Gasteiger partial charge is 0.376 e. The van der Waals surface area contributed by atoms with Crippen LogP contribution in [0.4, 0.5) is 0 Å². The van der Waals surface area contributed by atoms with Gasteiger partial charge in [-0.1, -0.05) is 11.6 Å². The molecule has 16 heavy (non-hydrogen) atoms. The first-order valence-electron chi connectivity index (χ1n) is 5.41. The molecule has 1 aliphatic rings. The minimum Gasteiger partial charge on any atom is -0.376 e. The minimum atomic E-state index is -0.0767. The molecule has 1 N–H and O–H groups in total. The molecule has 0 unspecified atom stereocenters. The molecule has 3 nitrogen and oxygen atoms in total. The molecule has 1 fully saturated rings. The first-order chi connectivity index (χ1) is 7.75. The van der Waals surface area contributed by atoms with Crippen LogP contribution in [0.1, 0.15) is 23.2 Å². The highest BCUT2D eigenvalue weighted by molar-refractivity contribution is 6.30. The van der Waals surface area contributed by atoms with Crippen molar-refractivity contribution in [2.75, 3.05) is 13.2 Å². The zero-order valence-electron chi connectivity index (χ0n) is 8.91. The topological polar surface area (TPSA) is 38.3 Å². The molecule has 0 aromatic heterocycles. The fraction of sp³-hybridized carbons (Fsp3) is 0.417. The monoisotopic (exact) mass is 239 g/mol. The van der Waals surface area contributed by atoms with Gasteiger partial charge in [0.2, 0.25) is 0 Å². The third-order valence-corrected chi connectivity index (χ3v) is 2.87. The fourth-order valence-electron chi connectivity index (χ4n) is 1.72. The molecule has 1 amide bonds. The van der Waals surface area contributed by atoms with Crippen LogP contribution >= 0.6 is 11.6 Å². The lowest BCUT2D eigenvalue weighted by Gasteiger charge is -2.10. The molecule has 0 bridgehead atoms. The van der Waals surface area contributed by atoms with E-state index >= 15 is 0 Å². The predicted octanol–water partition coefficient (Wildman–Crippen LogP) is 2.25. The molecule has 0 aliphatic carbocycles. The van der Waals surface area contributed by atoms with Gasteiger partial charge in [0.15, 0.2) is 0 Å². The van der Waals surface area contributed by atoms with E-state index in [1.807, 2.05) is 0 Å². The molecule has 0 saturated carbocycles. The molecule has 1 aromatic carbocycles. The van der Waals surface area contributed by atoms with E-state index in [9.17, 15) is 4.79 Å². The van der Waals surface area contributed by atoms with Gasteiger partial charge in [-0.3, -0.25) is 4.79 Å². The number of hydrogen-bond acceptors (Lipinski definition) is 2. The van der Waals surface area contributed by atoms with Gasteiger partial charge in [0.05, 0.1) is 6.10 Å². The Hall–Kier alpha value is -1.06. The summed E-state index contributed by atoms with van der Waals surface area (Å²) in [5.41, 5.74) is 0.627. The normalized spacial score (nSPS) is 19.7. The summed E-state index contributed by atoms with van der Waals surface area (Å²) in [5.74, 6) is -0.0767. The lowest BCUT2D eigenvalue weighted by atomic mass is 10.2. The Balaban J connectivity index is 1.85. The van der Waals surface area contributed by atoms with Crippen molar-refractivity contribution in [3.8, 4) is 0 Å². The summed E-state index contributed by atoms with van der Waals surface area (Å²) in [4.78, 5) is 11.7. The van der Waals surface area contributed by atoms with E-state index in [1.54, 1.807) is 24.3 Å². The van der Waals surface area contributed by atoms with Crippen molar-refractivity contribution in [3.05, 3.63) is 34.9 Å². The lowest BCUT2D eigenvalue weighted by molar-refractivity contribution is 0.0858. The Morgan fingerprint density at radius 2 is 2.19 bits per heavy atom. The number of hydrogen-bond donors (Lipinski definition) is 1. The number of amides is 1. The molecule has 86 valence electrons. The van der Waals surface area contributed by atoms with E-state index in [2.05, 4.69) is 5.32 Å². The maximum absolute atomic E-state index is 11.7.